The lowest BCUT2D eigenvalue weighted by atomic mass is 9.86. The largest absolute Gasteiger partial charge is 0.508 e. The molecule has 0 radical (unpaired) electrons. The van der Waals surface area contributed by atoms with Crippen molar-refractivity contribution < 1.29 is 9.90 Å². The molecule has 102 valence electrons. The molecule has 2 fully saturated rings. The molecule has 0 spiro atoms. The average molecular weight is 260 g/mol. The van der Waals surface area contributed by atoms with E-state index in [0.29, 0.717) is 11.6 Å². The number of aryl methyl sites for hydroxylation is 1. The Hall–Kier alpha value is -1.55. The number of phenols is 1. The minimum Gasteiger partial charge on any atom is -0.508 e. The number of piperazine rings is 1. The highest BCUT2D eigenvalue weighted by atomic mass is 16.3. The molecular weight excluding hydrogens is 240 g/mol. The van der Waals surface area contributed by atoms with Gasteiger partial charge in [-0.25, -0.2) is 0 Å². The fourth-order valence-corrected chi connectivity index (χ4v) is 3.20. The Balaban J connectivity index is 1.88. The standard InChI is InChI=1S/C15H20N2O2/c1-9-6-7-13(18)10(8-9)14-15(19)17-12-5-3-2-4-11(12)16-14/h6-8,11-12,14,16,18H,2-5H2,1H3,(H,17,19)/t11-,12-,14+/m0/s1. The van der Waals surface area contributed by atoms with E-state index in [9.17, 15) is 9.90 Å². The summed E-state index contributed by atoms with van der Waals surface area (Å²) < 4.78 is 0. The van der Waals surface area contributed by atoms with Gasteiger partial charge in [-0.15, -0.1) is 0 Å². The molecule has 1 amide bonds. The quantitative estimate of drug-likeness (QED) is 0.721. The lowest BCUT2D eigenvalue weighted by Gasteiger charge is -2.40. The second-order valence-corrected chi connectivity index (χ2v) is 5.67. The van der Waals surface area contributed by atoms with Crippen molar-refractivity contribution >= 4 is 5.91 Å². The zero-order chi connectivity index (χ0) is 13.4. The normalized spacial score (nSPS) is 30.6. The van der Waals surface area contributed by atoms with Crippen LogP contribution in [0.4, 0.5) is 0 Å². The van der Waals surface area contributed by atoms with E-state index in [2.05, 4.69) is 10.6 Å². The maximum absolute atomic E-state index is 12.2. The summed E-state index contributed by atoms with van der Waals surface area (Å²) in [5.74, 6) is 0.163. The van der Waals surface area contributed by atoms with E-state index in [1.807, 2.05) is 19.1 Å². The van der Waals surface area contributed by atoms with Gasteiger partial charge in [0.25, 0.3) is 0 Å². The molecule has 4 heteroatoms. The first-order chi connectivity index (χ1) is 9.15. The van der Waals surface area contributed by atoms with Gasteiger partial charge in [-0.1, -0.05) is 30.5 Å². The number of carbonyl (C=O) groups is 1. The predicted octanol–water partition coefficient (Wildman–Crippen LogP) is 1.77. The van der Waals surface area contributed by atoms with E-state index < -0.39 is 6.04 Å². The van der Waals surface area contributed by atoms with Crippen LogP contribution in [0.3, 0.4) is 0 Å². The summed E-state index contributed by atoms with van der Waals surface area (Å²) in [4.78, 5) is 12.2. The van der Waals surface area contributed by atoms with E-state index >= 15 is 0 Å². The number of nitrogens with one attached hydrogen (secondary N) is 2. The van der Waals surface area contributed by atoms with Crippen LogP contribution in [0.1, 0.15) is 42.9 Å². The van der Waals surface area contributed by atoms with Gasteiger partial charge in [-0.2, -0.15) is 0 Å². The Morgan fingerprint density at radius 3 is 2.74 bits per heavy atom. The molecule has 3 atom stereocenters. The van der Waals surface area contributed by atoms with Gasteiger partial charge in [0.2, 0.25) is 5.91 Å². The van der Waals surface area contributed by atoms with Crippen LogP contribution in [0.25, 0.3) is 0 Å². The van der Waals surface area contributed by atoms with Crippen LogP contribution in [-0.4, -0.2) is 23.1 Å². The van der Waals surface area contributed by atoms with Crippen LogP contribution in [0.5, 0.6) is 5.75 Å². The summed E-state index contributed by atoms with van der Waals surface area (Å²) in [5, 5.41) is 16.5. The monoisotopic (exact) mass is 260 g/mol. The molecule has 1 aromatic carbocycles. The molecule has 1 aliphatic heterocycles. The summed E-state index contributed by atoms with van der Waals surface area (Å²) in [7, 11) is 0. The van der Waals surface area contributed by atoms with Gasteiger partial charge in [-0.05, 0) is 25.8 Å². The molecule has 1 aliphatic carbocycles. The van der Waals surface area contributed by atoms with Crippen LogP contribution >= 0.6 is 0 Å². The van der Waals surface area contributed by atoms with Crippen molar-refractivity contribution in [1.29, 1.82) is 0 Å². The number of rotatable bonds is 1. The van der Waals surface area contributed by atoms with Crippen LogP contribution in [0.15, 0.2) is 18.2 Å². The van der Waals surface area contributed by atoms with Crippen LogP contribution < -0.4 is 10.6 Å². The summed E-state index contributed by atoms with van der Waals surface area (Å²) in [5.41, 5.74) is 1.73. The molecule has 0 aromatic heterocycles. The number of amides is 1. The SMILES string of the molecule is Cc1ccc(O)c([C@H]2N[C@H]3CCCC[C@@H]3NC2=O)c1. The van der Waals surface area contributed by atoms with Gasteiger partial charge in [0.15, 0.2) is 0 Å². The number of carbonyl (C=O) groups excluding carboxylic acids is 1. The summed E-state index contributed by atoms with van der Waals surface area (Å²) in [6, 6.07) is 5.55. The summed E-state index contributed by atoms with van der Waals surface area (Å²) in [6.45, 7) is 1.97. The number of fused-ring (bicyclic) bond motifs is 1. The molecule has 1 saturated heterocycles. The lowest BCUT2D eigenvalue weighted by Crippen LogP contribution is -2.61. The third-order valence-electron chi connectivity index (χ3n) is 4.23. The number of hydrogen-bond acceptors (Lipinski definition) is 3. The van der Waals surface area contributed by atoms with E-state index in [1.165, 1.54) is 12.8 Å². The van der Waals surface area contributed by atoms with Crippen molar-refractivity contribution in [1.82, 2.24) is 10.6 Å². The molecule has 2 aliphatic rings. The highest BCUT2D eigenvalue weighted by Gasteiger charge is 2.37. The maximum Gasteiger partial charge on any atom is 0.242 e. The molecule has 3 rings (SSSR count). The Morgan fingerprint density at radius 1 is 1.21 bits per heavy atom. The minimum atomic E-state index is -0.431. The topological polar surface area (TPSA) is 61.4 Å². The van der Waals surface area contributed by atoms with Gasteiger partial charge in [0.1, 0.15) is 11.8 Å². The molecular formula is C15H20N2O2. The van der Waals surface area contributed by atoms with Crippen LogP contribution in [0, 0.1) is 6.92 Å². The highest BCUT2D eigenvalue weighted by Crippen LogP contribution is 2.31. The van der Waals surface area contributed by atoms with E-state index in [1.54, 1.807) is 6.07 Å². The maximum atomic E-state index is 12.2. The first kappa shape index (κ1) is 12.5. The van der Waals surface area contributed by atoms with E-state index in [0.717, 1.165) is 18.4 Å². The Labute approximate surface area is 113 Å². The molecule has 1 saturated carbocycles. The minimum absolute atomic E-state index is 0.0240. The van der Waals surface area contributed by atoms with Gasteiger partial charge in [0.05, 0.1) is 0 Å². The molecule has 4 nitrogen and oxygen atoms in total. The molecule has 0 bridgehead atoms. The average Bonchev–Trinajstić information content (AvgIpc) is 2.41. The second kappa shape index (κ2) is 4.85. The first-order valence-corrected chi connectivity index (χ1v) is 7.01. The van der Waals surface area contributed by atoms with Crippen molar-refractivity contribution in [2.24, 2.45) is 0 Å². The molecule has 1 aromatic rings. The van der Waals surface area contributed by atoms with Crippen LogP contribution in [-0.2, 0) is 4.79 Å². The van der Waals surface area contributed by atoms with Crippen molar-refractivity contribution in [3.63, 3.8) is 0 Å². The Kier molecular flexibility index (Phi) is 3.19. The fourth-order valence-electron chi connectivity index (χ4n) is 3.20. The van der Waals surface area contributed by atoms with Crippen molar-refractivity contribution in [3.05, 3.63) is 29.3 Å². The molecule has 0 unspecified atom stereocenters. The smallest absolute Gasteiger partial charge is 0.242 e. The second-order valence-electron chi connectivity index (χ2n) is 5.67. The van der Waals surface area contributed by atoms with Crippen molar-refractivity contribution in [2.45, 2.75) is 50.7 Å². The molecule has 3 N–H and O–H groups in total. The zero-order valence-corrected chi connectivity index (χ0v) is 11.1. The number of hydrogen-bond donors (Lipinski definition) is 3. The van der Waals surface area contributed by atoms with Crippen molar-refractivity contribution in [2.75, 3.05) is 0 Å². The van der Waals surface area contributed by atoms with Gasteiger partial charge in [0, 0.05) is 17.6 Å². The van der Waals surface area contributed by atoms with Crippen LogP contribution in [0.2, 0.25) is 0 Å². The predicted molar refractivity (Wildman–Crippen MR) is 72.9 cm³/mol. The first-order valence-electron chi connectivity index (χ1n) is 7.01. The summed E-state index contributed by atoms with van der Waals surface area (Å²) >= 11 is 0. The Morgan fingerprint density at radius 2 is 1.95 bits per heavy atom. The molecule has 19 heavy (non-hydrogen) atoms. The number of phenolic OH excluding ortho intramolecular Hbond substituents is 1. The fraction of sp³-hybridized carbons (Fsp3) is 0.533. The molecule has 1 heterocycles. The van der Waals surface area contributed by atoms with E-state index in [-0.39, 0.29) is 17.7 Å². The van der Waals surface area contributed by atoms with Gasteiger partial charge < -0.3 is 10.4 Å². The van der Waals surface area contributed by atoms with Crippen molar-refractivity contribution in [3.8, 4) is 5.75 Å². The van der Waals surface area contributed by atoms with E-state index in [4.69, 9.17) is 0 Å². The van der Waals surface area contributed by atoms with Gasteiger partial charge >= 0.3 is 0 Å². The summed E-state index contributed by atoms with van der Waals surface area (Å²) in [6.07, 6.45) is 4.53. The van der Waals surface area contributed by atoms with Gasteiger partial charge in [-0.3, -0.25) is 10.1 Å². The third kappa shape index (κ3) is 2.32. The Bertz CT molecular complexity index is 501. The third-order valence-corrected chi connectivity index (χ3v) is 4.23. The highest BCUT2D eigenvalue weighted by molar-refractivity contribution is 5.85. The zero-order valence-electron chi connectivity index (χ0n) is 11.1. The number of benzene rings is 1. The lowest BCUT2D eigenvalue weighted by molar-refractivity contribution is -0.127. The number of aromatic hydroxyl groups is 1.